The van der Waals surface area contributed by atoms with E-state index in [9.17, 15) is 0 Å². The van der Waals surface area contributed by atoms with Gasteiger partial charge in [-0.3, -0.25) is 0 Å². The van der Waals surface area contributed by atoms with E-state index < -0.39 is 0 Å². The fourth-order valence-electron chi connectivity index (χ4n) is 3.31. The summed E-state index contributed by atoms with van der Waals surface area (Å²) in [5.74, 6) is 0.924. The van der Waals surface area contributed by atoms with Gasteiger partial charge in [-0.25, -0.2) is 4.98 Å². The molecular formula is C21H23N3O2S. The third-order valence-corrected chi connectivity index (χ3v) is 5.86. The van der Waals surface area contributed by atoms with Gasteiger partial charge in [-0.05, 0) is 37.5 Å². The SMILES string of the molecule is Cc1ncsc1CCOc1cccc(C=C2CCN(c3cnoc3)CC2)c1. The molecule has 5 nitrogen and oxygen atoms in total. The van der Waals surface area contributed by atoms with Gasteiger partial charge in [0.2, 0.25) is 0 Å². The quantitative estimate of drug-likeness (QED) is 0.617. The van der Waals surface area contributed by atoms with Crippen molar-refractivity contribution >= 4 is 23.1 Å². The highest BCUT2D eigenvalue weighted by Crippen LogP contribution is 2.25. The number of piperidine rings is 1. The molecule has 0 spiro atoms. The Morgan fingerprint density at radius 2 is 2.19 bits per heavy atom. The topological polar surface area (TPSA) is 51.4 Å². The average molecular weight is 382 g/mol. The molecule has 0 atom stereocenters. The molecule has 27 heavy (non-hydrogen) atoms. The lowest BCUT2D eigenvalue weighted by Gasteiger charge is -2.28. The smallest absolute Gasteiger partial charge is 0.147 e. The Kier molecular flexibility index (Phi) is 5.53. The number of hydrogen-bond acceptors (Lipinski definition) is 6. The summed E-state index contributed by atoms with van der Waals surface area (Å²) in [5, 5.41) is 3.79. The molecule has 1 aliphatic rings. The number of benzene rings is 1. The van der Waals surface area contributed by atoms with Crippen molar-refractivity contribution in [1.82, 2.24) is 10.1 Å². The van der Waals surface area contributed by atoms with Crippen molar-refractivity contribution in [2.24, 2.45) is 0 Å². The van der Waals surface area contributed by atoms with E-state index >= 15 is 0 Å². The van der Waals surface area contributed by atoms with Crippen LogP contribution in [0.1, 0.15) is 29.0 Å². The van der Waals surface area contributed by atoms with Crippen LogP contribution in [0.2, 0.25) is 0 Å². The lowest BCUT2D eigenvalue weighted by molar-refractivity contribution is 0.322. The second-order valence-corrected chi connectivity index (χ2v) is 7.64. The number of rotatable bonds is 6. The summed E-state index contributed by atoms with van der Waals surface area (Å²) in [5.41, 5.74) is 6.75. The van der Waals surface area contributed by atoms with Gasteiger partial charge >= 0.3 is 0 Å². The second-order valence-electron chi connectivity index (χ2n) is 6.70. The number of anilines is 1. The predicted molar refractivity (Wildman–Crippen MR) is 108 cm³/mol. The summed E-state index contributed by atoms with van der Waals surface area (Å²) in [4.78, 5) is 7.90. The van der Waals surface area contributed by atoms with Gasteiger partial charge in [0.05, 0.1) is 29.7 Å². The molecule has 1 fully saturated rings. The zero-order valence-corrected chi connectivity index (χ0v) is 16.2. The Balaban J connectivity index is 1.32. The summed E-state index contributed by atoms with van der Waals surface area (Å²) in [6.07, 6.45) is 8.81. The third kappa shape index (κ3) is 4.57. The standard InChI is InChI=1S/C21H23N3O2S/c1-16-21(27-15-22-16)7-10-25-20-4-2-3-18(12-20)11-17-5-8-24(9-6-17)19-13-23-26-14-19/h2-4,11-15H,5-10H2,1H3. The Morgan fingerprint density at radius 1 is 1.30 bits per heavy atom. The van der Waals surface area contributed by atoms with Crippen LogP contribution in [0, 0.1) is 6.92 Å². The molecule has 0 N–H and O–H groups in total. The molecule has 3 aromatic rings. The first-order chi connectivity index (χ1) is 13.3. The van der Waals surface area contributed by atoms with Crippen LogP contribution >= 0.6 is 11.3 Å². The van der Waals surface area contributed by atoms with Gasteiger partial charge in [0.15, 0.2) is 0 Å². The number of ether oxygens (including phenoxy) is 1. The highest BCUT2D eigenvalue weighted by atomic mass is 32.1. The summed E-state index contributed by atoms with van der Waals surface area (Å²) in [6, 6.07) is 8.35. The fraction of sp³-hybridized carbons (Fsp3) is 0.333. The third-order valence-electron chi connectivity index (χ3n) is 4.86. The Bertz CT molecular complexity index is 892. The molecule has 3 heterocycles. The normalized spacial score (nSPS) is 14.4. The minimum absolute atomic E-state index is 0.677. The maximum atomic E-state index is 5.95. The van der Waals surface area contributed by atoms with E-state index in [4.69, 9.17) is 9.26 Å². The Hall–Kier alpha value is -2.60. The molecule has 0 bridgehead atoms. The van der Waals surface area contributed by atoms with E-state index in [1.165, 1.54) is 16.0 Å². The predicted octanol–water partition coefficient (Wildman–Crippen LogP) is 4.74. The molecule has 0 radical (unpaired) electrons. The summed E-state index contributed by atoms with van der Waals surface area (Å²) < 4.78 is 10.9. The Labute approximate surface area is 163 Å². The number of aryl methyl sites for hydroxylation is 1. The molecule has 0 unspecified atom stereocenters. The summed E-state index contributed by atoms with van der Waals surface area (Å²) >= 11 is 1.70. The lowest BCUT2D eigenvalue weighted by Crippen LogP contribution is -2.30. The van der Waals surface area contributed by atoms with Crippen LogP contribution < -0.4 is 9.64 Å². The first kappa shape index (κ1) is 17.8. The molecule has 1 aliphatic heterocycles. The molecule has 0 aliphatic carbocycles. The number of nitrogens with zero attached hydrogens (tertiary/aromatic N) is 3. The Morgan fingerprint density at radius 3 is 2.93 bits per heavy atom. The van der Waals surface area contributed by atoms with Gasteiger partial charge in [-0.15, -0.1) is 11.3 Å². The molecular weight excluding hydrogens is 358 g/mol. The lowest BCUT2D eigenvalue weighted by atomic mass is 10.0. The maximum absolute atomic E-state index is 5.95. The van der Waals surface area contributed by atoms with Gasteiger partial charge in [0.1, 0.15) is 12.0 Å². The molecule has 4 rings (SSSR count). The first-order valence-corrected chi connectivity index (χ1v) is 10.1. The van der Waals surface area contributed by atoms with Gasteiger partial charge < -0.3 is 14.2 Å². The maximum Gasteiger partial charge on any atom is 0.147 e. The van der Waals surface area contributed by atoms with Crippen LogP contribution in [-0.4, -0.2) is 29.8 Å². The van der Waals surface area contributed by atoms with Gasteiger partial charge in [0, 0.05) is 24.4 Å². The van der Waals surface area contributed by atoms with E-state index in [2.05, 4.69) is 39.3 Å². The second kappa shape index (κ2) is 8.39. The molecule has 2 aromatic heterocycles. The van der Waals surface area contributed by atoms with E-state index in [1.54, 1.807) is 23.8 Å². The van der Waals surface area contributed by atoms with Crippen LogP contribution in [0.4, 0.5) is 5.69 Å². The minimum atomic E-state index is 0.677. The van der Waals surface area contributed by atoms with Crippen LogP contribution in [-0.2, 0) is 6.42 Å². The van der Waals surface area contributed by atoms with Crippen molar-refractivity contribution in [2.45, 2.75) is 26.2 Å². The first-order valence-electron chi connectivity index (χ1n) is 9.23. The van der Waals surface area contributed by atoms with Crippen LogP contribution in [0.15, 0.2) is 52.3 Å². The van der Waals surface area contributed by atoms with E-state index in [1.807, 2.05) is 18.5 Å². The van der Waals surface area contributed by atoms with Crippen LogP contribution in [0.5, 0.6) is 5.75 Å². The molecule has 0 amide bonds. The van der Waals surface area contributed by atoms with E-state index in [-0.39, 0.29) is 0 Å². The summed E-state index contributed by atoms with van der Waals surface area (Å²) in [7, 11) is 0. The molecule has 140 valence electrons. The van der Waals surface area contributed by atoms with Gasteiger partial charge in [0.25, 0.3) is 0 Å². The van der Waals surface area contributed by atoms with Crippen molar-refractivity contribution in [3.05, 3.63) is 63.9 Å². The van der Waals surface area contributed by atoms with Crippen molar-refractivity contribution in [2.75, 3.05) is 24.6 Å². The van der Waals surface area contributed by atoms with E-state index in [0.29, 0.717) is 6.61 Å². The number of thiazole rings is 1. The largest absolute Gasteiger partial charge is 0.493 e. The molecule has 1 aromatic carbocycles. The highest BCUT2D eigenvalue weighted by molar-refractivity contribution is 7.09. The minimum Gasteiger partial charge on any atom is -0.493 e. The average Bonchev–Trinajstić information content (AvgIpc) is 3.35. The molecule has 1 saturated heterocycles. The zero-order valence-electron chi connectivity index (χ0n) is 15.4. The number of hydrogen-bond donors (Lipinski definition) is 0. The molecule has 0 saturated carbocycles. The van der Waals surface area contributed by atoms with E-state index in [0.717, 1.165) is 49.5 Å². The fourth-order valence-corrected chi connectivity index (χ4v) is 4.07. The summed E-state index contributed by atoms with van der Waals surface area (Å²) in [6.45, 7) is 4.72. The van der Waals surface area contributed by atoms with Crippen molar-refractivity contribution < 1.29 is 9.26 Å². The van der Waals surface area contributed by atoms with Gasteiger partial charge in [-0.2, -0.15) is 0 Å². The van der Waals surface area contributed by atoms with Crippen molar-refractivity contribution in [3.63, 3.8) is 0 Å². The van der Waals surface area contributed by atoms with Crippen LogP contribution in [0.25, 0.3) is 6.08 Å². The van der Waals surface area contributed by atoms with Crippen molar-refractivity contribution in [1.29, 1.82) is 0 Å². The molecule has 6 heteroatoms. The zero-order chi connectivity index (χ0) is 18.5. The number of aromatic nitrogens is 2. The highest BCUT2D eigenvalue weighted by Gasteiger charge is 2.15. The monoisotopic (exact) mass is 381 g/mol. The van der Waals surface area contributed by atoms with Crippen molar-refractivity contribution in [3.8, 4) is 5.75 Å². The van der Waals surface area contributed by atoms with Gasteiger partial charge in [-0.1, -0.05) is 28.9 Å². The van der Waals surface area contributed by atoms with Crippen LogP contribution in [0.3, 0.4) is 0 Å².